The average Bonchev–Trinajstić information content (AvgIpc) is 3.85. The van der Waals surface area contributed by atoms with Crippen LogP contribution in [-0.2, 0) is 16.2 Å². The van der Waals surface area contributed by atoms with Crippen molar-refractivity contribution in [3.8, 4) is 22.3 Å². The highest BCUT2D eigenvalue weighted by Crippen LogP contribution is 2.54. The van der Waals surface area contributed by atoms with E-state index >= 15 is 0 Å². The molecular weight excluding hydrogens is 808 g/mol. The molecule has 5 heteroatoms. The molecule has 318 valence electrons. The van der Waals surface area contributed by atoms with E-state index in [9.17, 15) is 0 Å². The molecule has 2 aliphatic rings. The van der Waals surface area contributed by atoms with Gasteiger partial charge in [-0.05, 0) is 104 Å². The summed E-state index contributed by atoms with van der Waals surface area (Å²) in [5, 5.41) is 4.85. The number of hydrogen-bond donors (Lipinski definition) is 0. The minimum absolute atomic E-state index is 0.0252. The van der Waals surface area contributed by atoms with Gasteiger partial charge in [-0.3, -0.25) is 0 Å². The van der Waals surface area contributed by atoms with Gasteiger partial charge in [0.2, 0.25) is 0 Å². The third kappa shape index (κ3) is 6.15. The van der Waals surface area contributed by atoms with E-state index in [2.05, 4.69) is 230 Å². The van der Waals surface area contributed by atoms with Crippen molar-refractivity contribution in [2.75, 3.05) is 9.71 Å². The van der Waals surface area contributed by atoms with Crippen molar-refractivity contribution in [1.29, 1.82) is 0 Å². The number of para-hydroxylation sites is 1. The molecule has 0 amide bonds. The van der Waals surface area contributed by atoms with Gasteiger partial charge in [-0.25, -0.2) is 0 Å². The van der Waals surface area contributed by atoms with Gasteiger partial charge in [0.1, 0.15) is 11.2 Å². The maximum Gasteiger partial charge on any atom is 0.333 e. The van der Waals surface area contributed by atoms with E-state index in [1.165, 1.54) is 87.1 Å². The number of benzene rings is 8. The largest absolute Gasteiger partial charge is 0.456 e. The summed E-state index contributed by atoms with van der Waals surface area (Å²) in [6, 6.07) is 59.7. The van der Waals surface area contributed by atoms with Crippen molar-refractivity contribution in [3.63, 3.8) is 0 Å². The molecule has 0 aliphatic carbocycles. The molecule has 0 saturated heterocycles. The van der Waals surface area contributed by atoms with Gasteiger partial charge in [0.05, 0.1) is 5.69 Å². The van der Waals surface area contributed by atoms with Crippen LogP contribution in [0.3, 0.4) is 0 Å². The summed E-state index contributed by atoms with van der Waals surface area (Å²) < 4.78 is 9.46. The van der Waals surface area contributed by atoms with Gasteiger partial charge in [-0.15, -0.1) is 11.3 Å². The van der Waals surface area contributed by atoms with E-state index in [0.717, 1.165) is 33.3 Å². The lowest BCUT2D eigenvalue weighted by molar-refractivity contribution is 0.590. The summed E-state index contributed by atoms with van der Waals surface area (Å²) in [7, 11) is 0. The predicted octanol–water partition coefficient (Wildman–Crippen LogP) is 16.2. The van der Waals surface area contributed by atoms with Crippen LogP contribution in [0.1, 0.15) is 79.0 Å². The van der Waals surface area contributed by atoms with Gasteiger partial charge >= 0.3 is 6.85 Å². The summed E-state index contributed by atoms with van der Waals surface area (Å²) in [4.78, 5) is 5.25. The zero-order chi connectivity index (χ0) is 44.7. The van der Waals surface area contributed by atoms with Gasteiger partial charge in [-0.1, -0.05) is 159 Å². The zero-order valence-corrected chi connectivity index (χ0v) is 39.6. The average molecular weight is 861 g/mol. The summed E-state index contributed by atoms with van der Waals surface area (Å²) in [6.45, 7) is 20.7. The molecule has 0 fully saturated rings. The molecule has 4 heterocycles. The van der Waals surface area contributed by atoms with Crippen LogP contribution < -0.4 is 20.6 Å². The molecule has 8 aromatic carbocycles. The van der Waals surface area contributed by atoms with E-state index in [-0.39, 0.29) is 23.1 Å². The summed E-state index contributed by atoms with van der Waals surface area (Å²) in [5.41, 5.74) is 19.2. The summed E-state index contributed by atoms with van der Waals surface area (Å²) >= 11 is 1.94. The van der Waals surface area contributed by atoms with Crippen LogP contribution in [0.25, 0.3) is 64.4 Å². The van der Waals surface area contributed by atoms with Gasteiger partial charge in [-0.2, -0.15) is 0 Å². The molecule has 2 aromatic heterocycles. The first-order valence-electron chi connectivity index (χ1n) is 23.1. The third-order valence-corrected chi connectivity index (χ3v) is 15.3. The molecule has 0 radical (unpaired) electrons. The molecule has 0 N–H and O–H groups in total. The number of fused-ring (bicyclic) bond motifs is 11. The number of rotatable bonds is 3. The number of nitrogens with zero attached hydrogens (tertiary/aromatic N) is 2. The second kappa shape index (κ2) is 14.0. The van der Waals surface area contributed by atoms with Crippen LogP contribution >= 0.6 is 11.3 Å². The molecule has 10 aromatic rings. The zero-order valence-electron chi connectivity index (χ0n) is 38.8. The Bertz CT molecular complexity index is 3560. The third-order valence-electron chi connectivity index (χ3n) is 14.1. The van der Waals surface area contributed by atoms with Gasteiger partial charge < -0.3 is 14.1 Å². The summed E-state index contributed by atoms with van der Waals surface area (Å²) in [6.07, 6.45) is 0. The quantitative estimate of drug-likeness (QED) is 0.165. The van der Waals surface area contributed by atoms with Crippen LogP contribution in [0, 0.1) is 0 Å². The highest BCUT2D eigenvalue weighted by atomic mass is 32.1. The van der Waals surface area contributed by atoms with Crippen LogP contribution in [0.15, 0.2) is 162 Å². The van der Waals surface area contributed by atoms with E-state index < -0.39 is 0 Å². The van der Waals surface area contributed by atoms with E-state index in [0.29, 0.717) is 0 Å². The molecule has 0 bridgehead atoms. The Morgan fingerprint density at radius 3 is 1.78 bits per heavy atom. The number of anilines is 5. The first-order valence-corrected chi connectivity index (χ1v) is 23.9. The highest BCUT2D eigenvalue weighted by Gasteiger charge is 2.47. The molecule has 12 rings (SSSR count). The lowest BCUT2D eigenvalue weighted by Gasteiger charge is -2.46. The Balaban J connectivity index is 1.28. The standard InChI is InChI=1S/C60H53BN2OS/c1-58(2,3)37-23-27-40(28-24-37)63-49-30-26-39(60(7,8)9)32-46(49)55-56-51(34-45-42-20-14-16-22-54(42)65-57(45)55)62(48-29-25-38(59(4,5)6)31-43(48)36-17-11-10-12-18-36)50-35-53-44(33-47(50)61(56)63)41-19-13-15-21-52(41)64-53/h10-35H,1-9H3. The monoisotopic (exact) mass is 860 g/mol. The highest BCUT2D eigenvalue weighted by molar-refractivity contribution is 7.26. The van der Waals surface area contributed by atoms with E-state index in [1.54, 1.807) is 0 Å². The summed E-state index contributed by atoms with van der Waals surface area (Å²) in [5.74, 6) is 0. The maximum absolute atomic E-state index is 6.81. The second-order valence-electron chi connectivity index (χ2n) is 21.4. The molecule has 0 spiro atoms. The Kier molecular flexibility index (Phi) is 8.60. The lowest BCUT2D eigenvalue weighted by Crippen LogP contribution is -2.61. The first-order chi connectivity index (χ1) is 31.1. The predicted molar refractivity (Wildman–Crippen MR) is 282 cm³/mol. The topological polar surface area (TPSA) is 19.6 Å². The van der Waals surface area contributed by atoms with Crippen molar-refractivity contribution in [2.45, 2.75) is 78.6 Å². The van der Waals surface area contributed by atoms with Crippen molar-refractivity contribution in [2.24, 2.45) is 0 Å². The number of thiophene rings is 1. The minimum Gasteiger partial charge on any atom is -0.456 e. The fraction of sp³-hybridized carbons (Fsp3) is 0.200. The molecule has 0 saturated carbocycles. The van der Waals surface area contributed by atoms with Crippen LogP contribution in [-0.4, -0.2) is 6.85 Å². The molecule has 2 aliphatic heterocycles. The Morgan fingerprint density at radius 1 is 0.462 bits per heavy atom. The fourth-order valence-electron chi connectivity index (χ4n) is 10.6. The van der Waals surface area contributed by atoms with Gasteiger partial charge in [0.25, 0.3) is 0 Å². The molecular formula is C60H53BN2OS. The molecule has 0 unspecified atom stereocenters. The van der Waals surface area contributed by atoms with Crippen molar-refractivity contribution < 1.29 is 4.42 Å². The van der Waals surface area contributed by atoms with Gasteiger partial charge in [0, 0.05) is 76.5 Å². The smallest absolute Gasteiger partial charge is 0.333 e. The number of hydrogen-bond acceptors (Lipinski definition) is 4. The van der Waals surface area contributed by atoms with Crippen molar-refractivity contribution in [3.05, 3.63) is 174 Å². The van der Waals surface area contributed by atoms with E-state index in [4.69, 9.17) is 4.42 Å². The molecule has 3 nitrogen and oxygen atoms in total. The Labute approximate surface area is 387 Å². The fourth-order valence-corrected chi connectivity index (χ4v) is 11.9. The Hall–Kier alpha value is -6.56. The second-order valence-corrected chi connectivity index (χ2v) is 22.5. The molecule has 65 heavy (non-hydrogen) atoms. The van der Waals surface area contributed by atoms with Crippen LogP contribution in [0.5, 0.6) is 0 Å². The first kappa shape index (κ1) is 40.0. The van der Waals surface area contributed by atoms with Gasteiger partial charge in [0.15, 0.2) is 0 Å². The normalized spacial score (nSPS) is 13.8. The molecule has 0 atom stereocenters. The van der Waals surface area contributed by atoms with Crippen molar-refractivity contribution >= 4 is 99.7 Å². The lowest BCUT2D eigenvalue weighted by atomic mass is 9.43. The van der Waals surface area contributed by atoms with Crippen LogP contribution in [0.2, 0.25) is 0 Å². The van der Waals surface area contributed by atoms with Crippen LogP contribution in [0.4, 0.5) is 28.4 Å². The Morgan fingerprint density at radius 2 is 1.08 bits per heavy atom. The maximum atomic E-state index is 6.81. The SMILES string of the molecule is CC(C)(C)c1ccc(N2B3c4cc5c(cc4N(c4ccc(C(C)(C)C)cc4-c4ccccc4)c4cc6c(sc7ccccc76)c(c43)-c3cc(C(C)(C)C)ccc32)oc2ccccc25)cc1. The van der Waals surface area contributed by atoms with E-state index in [1.807, 2.05) is 11.3 Å². The van der Waals surface area contributed by atoms with Crippen molar-refractivity contribution in [1.82, 2.24) is 0 Å². The minimum atomic E-state index is -0.151. The number of furan rings is 1.